The maximum Gasteiger partial charge on any atom is 0.160 e. The summed E-state index contributed by atoms with van der Waals surface area (Å²) in [6.07, 6.45) is 0.976. The molecule has 2 heterocycles. The first-order valence-electron chi connectivity index (χ1n) is 6.53. The van der Waals surface area contributed by atoms with E-state index in [9.17, 15) is 4.39 Å². The van der Waals surface area contributed by atoms with Crippen molar-refractivity contribution in [1.82, 2.24) is 14.5 Å². The molecule has 0 radical (unpaired) electrons. The van der Waals surface area contributed by atoms with Gasteiger partial charge >= 0.3 is 0 Å². The van der Waals surface area contributed by atoms with E-state index in [-0.39, 0.29) is 5.82 Å². The molecule has 2 N–H and O–H groups in total. The van der Waals surface area contributed by atoms with Gasteiger partial charge in [0.1, 0.15) is 16.5 Å². The van der Waals surface area contributed by atoms with Crippen molar-refractivity contribution in [3.63, 3.8) is 0 Å². The zero-order valence-corrected chi connectivity index (χ0v) is 12.0. The van der Waals surface area contributed by atoms with Crippen LogP contribution in [0.3, 0.4) is 0 Å². The number of hydrogen-bond acceptors (Lipinski definition) is 4. The van der Waals surface area contributed by atoms with Crippen molar-refractivity contribution < 1.29 is 4.39 Å². The minimum Gasteiger partial charge on any atom is -0.325 e. The molecule has 0 atom stereocenters. The zero-order valence-electron chi connectivity index (χ0n) is 11.1. The number of aromatic nitrogens is 3. The van der Waals surface area contributed by atoms with Gasteiger partial charge in [0, 0.05) is 24.5 Å². The number of nitrogens with two attached hydrogens (primary N) is 1. The number of aryl methyl sites for hydroxylation is 1. The van der Waals surface area contributed by atoms with Crippen molar-refractivity contribution in [1.29, 1.82) is 0 Å². The molecular weight excluding hydrogens is 275 g/mol. The number of benzene rings is 1. The highest BCUT2D eigenvalue weighted by Crippen LogP contribution is 2.26. The van der Waals surface area contributed by atoms with E-state index in [1.165, 1.54) is 23.5 Å². The third-order valence-corrected chi connectivity index (χ3v) is 3.98. The molecule has 0 aliphatic heterocycles. The molecule has 20 heavy (non-hydrogen) atoms. The largest absolute Gasteiger partial charge is 0.325 e. The first-order valence-corrected chi connectivity index (χ1v) is 7.41. The molecule has 0 saturated carbocycles. The molecule has 0 aliphatic carbocycles. The molecular formula is C14H15FN4S. The van der Waals surface area contributed by atoms with Crippen LogP contribution in [0.5, 0.6) is 0 Å². The van der Waals surface area contributed by atoms with E-state index < -0.39 is 0 Å². The van der Waals surface area contributed by atoms with Crippen LogP contribution in [0.25, 0.3) is 22.6 Å². The van der Waals surface area contributed by atoms with Gasteiger partial charge < -0.3 is 10.3 Å². The van der Waals surface area contributed by atoms with E-state index in [1.807, 2.05) is 5.38 Å². The number of halogens is 1. The van der Waals surface area contributed by atoms with Gasteiger partial charge in [-0.15, -0.1) is 11.3 Å². The molecule has 0 amide bonds. The fraction of sp³-hybridized carbons (Fsp3) is 0.286. The second-order valence-electron chi connectivity index (χ2n) is 4.55. The molecule has 0 saturated heterocycles. The van der Waals surface area contributed by atoms with Crippen molar-refractivity contribution >= 4 is 22.4 Å². The van der Waals surface area contributed by atoms with Crippen molar-refractivity contribution in [3.05, 3.63) is 34.4 Å². The minimum atomic E-state index is -0.272. The Kier molecular flexibility index (Phi) is 3.50. The average molecular weight is 290 g/mol. The Morgan fingerprint density at radius 1 is 1.35 bits per heavy atom. The molecule has 0 bridgehead atoms. The SMILES string of the molecule is CCCn1c(-c2csc(CN)n2)nc2cc(F)ccc21. The highest BCUT2D eigenvalue weighted by atomic mass is 32.1. The standard InChI is InChI=1S/C14H15FN4S/c1-2-5-19-12-4-3-9(15)6-10(12)18-14(19)11-8-20-13(7-16)17-11/h3-4,6,8H,2,5,7,16H2,1H3. The number of imidazole rings is 1. The fourth-order valence-electron chi connectivity index (χ4n) is 2.26. The number of hydrogen-bond donors (Lipinski definition) is 1. The quantitative estimate of drug-likeness (QED) is 0.803. The molecule has 6 heteroatoms. The summed E-state index contributed by atoms with van der Waals surface area (Å²) in [6.45, 7) is 3.35. The predicted molar refractivity (Wildman–Crippen MR) is 79.0 cm³/mol. The van der Waals surface area contributed by atoms with Gasteiger partial charge in [0.2, 0.25) is 0 Å². The molecule has 1 aromatic carbocycles. The smallest absolute Gasteiger partial charge is 0.160 e. The Hall–Kier alpha value is -1.79. The number of thiazole rings is 1. The Labute approximate surface area is 120 Å². The second kappa shape index (κ2) is 5.30. The van der Waals surface area contributed by atoms with Gasteiger partial charge in [-0.1, -0.05) is 6.92 Å². The lowest BCUT2D eigenvalue weighted by Gasteiger charge is -2.05. The van der Waals surface area contributed by atoms with Gasteiger partial charge in [0.15, 0.2) is 5.82 Å². The molecule has 2 aromatic heterocycles. The molecule has 3 rings (SSSR count). The Balaban J connectivity index is 2.20. The van der Waals surface area contributed by atoms with Crippen LogP contribution in [0.15, 0.2) is 23.6 Å². The molecule has 4 nitrogen and oxygen atoms in total. The number of fused-ring (bicyclic) bond motifs is 1. The normalized spacial score (nSPS) is 11.3. The lowest BCUT2D eigenvalue weighted by molar-refractivity contribution is 0.629. The maximum atomic E-state index is 13.3. The van der Waals surface area contributed by atoms with Gasteiger partial charge in [-0.3, -0.25) is 0 Å². The summed E-state index contributed by atoms with van der Waals surface area (Å²) in [5.74, 6) is 0.509. The highest BCUT2D eigenvalue weighted by Gasteiger charge is 2.15. The van der Waals surface area contributed by atoms with E-state index in [1.54, 1.807) is 6.07 Å². The van der Waals surface area contributed by atoms with Gasteiger partial charge in [-0.25, -0.2) is 14.4 Å². The lowest BCUT2D eigenvalue weighted by atomic mass is 10.3. The fourth-order valence-corrected chi connectivity index (χ4v) is 2.91. The van der Waals surface area contributed by atoms with E-state index >= 15 is 0 Å². The average Bonchev–Trinajstić information content (AvgIpc) is 3.03. The van der Waals surface area contributed by atoms with E-state index in [2.05, 4.69) is 21.5 Å². The van der Waals surface area contributed by atoms with Gasteiger partial charge in [-0.2, -0.15) is 0 Å². The highest BCUT2D eigenvalue weighted by molar-refractivity contribution is 7.09. The Bertz CT molecular complexity index is 747. The van der Waals surface area contributed by atoms with Gasteiger partial charge in [-0.05, 0) is 18.6 Å². The van der Waals surface area contributed by atoms with Crippen LogP contribution < -0.4 is 5.73 Å². The number of rotatable bonds is 4. The lowest BCUT2D eigenvalue weighted by Crippen LogP contribution is -2.00. The maximum absolute atomic E-state index is 13.3. The van der Waals surface area contributed by atoms with Crippen LogP contribution in [-0.4, -0.2) is 14.5 Å². The molecule has 0 spiro atoms. The summed E-state index contributed by atoms with van der Waals surface area (Å²) in [4.78, 5) is 9.01. The number of nitrogens with zero attached hydrogens (tertiary/aromatic N) is 3. The summed E-state index contributed by atoms with van der Waals surface area (Å²) >= 11 is 1.52. The van der Waals surface area contributed by atoms with Crippen LogP contribution in [0.4, 0.5) is 4.39 Å². The second-order valence-corrected chi connectivity index (χ2v) is 5.49. The van der Waals surface area contributed by atoms with E-state index in [0.717, 1.165) is 35.0 Å². The third kappa shape index (κ3) is 2.21. The monoisotopic (exact) mass is 290 g/mol. The van der Waals surface area contributed by atoms with Crippen molar-refractivity contribution in [2.24, 2.45) is 5.73 Å². The summed E-state index contributed by atoms with van der Waals surface area (Å²) in [5.41, 5.74) is 8.01. The van der Waals surface area contributed by atoms with E-state index in [0.29, 0.717) is 12.1 Å². The van der Waals surface area contributed by atoms with E-state index in [4.69, 9.17) is 5.73 Å². The molecule has 3 aromatic rings. The first-order chi connectivity index (χ1) is 9.72. The molecule has 0 aliphatic rings. The third-order valence-electron chi connectivity index (χ3n) is 3.11. The topological polar surface area (TPSA) is 56.7 Å². The first kappa shape index (κ1) is 13.2. The van der Waals surface area contributed by atoms with Crippen LogP contribution in [0.1, 0.15) is 18.4 Å². The van der Waals surface area contributed by atoms with Crippen LogP contribution in [0.2, 0.25) is 0 Å². The summed E-state index contributed by atoms with van der Waals surface area (Å²) in [5, 5.41) is 2.83. The van der Waals surface area contributed by atoms with Crippen LogP contribution >= 0.6 is 11.3 Å². The molecule has 104 valence electrons. The van der Waals surface area contributed by atoms with Crippen molar-refractivity contribution in [3.8, 4) is 11.5 Å². The van der Waals surface area contributed by atoms with Gasteiger partial charge in [0.25, 0.3) is 0 Å². The zero-order chi connectivity index (χ0) is 14.1. The summed E-state index contributed by atoms with van der Waals surface area (Å²) in [6, 6.07) is 4.69. The molecule has 0 unspecified atom stereocenters. The minimum absolute atomic E-state index is 0.272. The Morgan fingerprint density at radius 3 is 2.90 bits per heavy atom. The molecule has 0 fully saturated rings. The predicted octanol–water partition coefficient (Wildman–Crippen LogP) is 3.17. The van der Waals surface area contributed by atoms with Crippen molar-refractivity contribution in [2.45, 2.75) is 26.4 Å². The van der Waals surface area contributed by atoms with Crippen LogP contribution in [-0.2, 0) is 13.1 Å². The van der Waals surface area contributed by atoms with Crippen LogP contribution in [0, 0.1) is 5.82 Å². The summed E-state index contributed by atoms with van der Waals surface area (Å²) < 4.78 is 15.4. The Morgan fingerprint density at radius 2 is 2.20 bits per heavy atom. The summed E-state index contributed by atoms with van der Waals surface area (Å²) in [7, 11) is 0. The van der Waals surface area contributed by atoms with Gasteiger partial charge in [0.05, 0.1) is 11.0 Å². The van der Waals surface area contributed by atoms with Crippen molar-refractivity contribution in [2.75, 3.05) is 0 Å².